The van der Waals surface area contributed by atoms with Crippen LogP contribution in [0.15, 0.2) is 97.1 Å². The lowest BCUT2D eigenvalue weighted by atomic mass is 9.97. The molecule has 150 valence electrons. The van der Waals surface area contributed by atoms with Gasteiger partial charge in [0.25, 0.3) is 0 Å². The zero-order valence-electron chi connectivity index (χ0n) is 17.1. The molecular weight excluding hydrogens is 368 g/mol. The molecule has 0 amide bonds. The first kappa shape index (κ1) is 19.6. The Kier molecular flexibility index (Phi) is 6.00. The van der Waals surface area contributed by atoms with Crippen LogP contribution in [-0.4, -0.2) is 0 Å². The van der Waals surface area contributed by atoms with Crippen molar-refractivity contribution < 1.29 is 4.74 Å². The summed E-state index contributed by atoms with van der Waals surface area (Å²) in [6.07, 6.45) is 0. The van der Waals surface area contributed by atoms with Gasteiger partial charge in [0.2, 0.25) is 0 Å². The monoisotopic (exact) mass is 394 g/mol. The number of ether oxygens (including phenoxy) is 1. The summed E-state index contributed by atoms with van der Waals surface area (Å²) in [6, 6.07) is 32.9. The van der Waals surface area contributed by atoms with Crippen molar-refractivity contribution in [3.8, 4) is 16.9 Å². The van der Waals surface area contributed by atoms with Gasteiger partial charge in [0.05, 0.1) is 0 Å². The quantitative estimate of drug-likeness (QED) is 0.355. The van der Waals surface area contributed by atoms with Gasteiger partial charge in [-0.2, -0.15) is 0 Å². The van der Waals surface area contributed by atoms with Crippen molar-refractivity contribution in [2.75, 3.05) is 11.1 Å². The molecule has 0 aliphatic heterocycles. The van der Waals surface area contributed by atoms with Crippen molar-refractivity contribution in [2.24, 2.45) is 0 Å². The molecule has 3 nitrogen and oxygen atoms in total. The summed E-state index contributed by atoms with van der Waals surface area (Å²) in [7, 11) is 0. The van der Waals surface area contributed by atoms with Gasteiger partial charge in [0.15, 0.2) is 0 Å². The first-order chi connectivity index (χ1) is 14.7. The number of nitrogens with one attached hydrogen (secondary N) is 1. The van der Waals surface area contributed by atoms with Crippen molar-refractivity contribution in [3.63, 3.8) is 0 Å². The molecule has 0 bridgehead atoms. The fourth-order valence-electron chi connectivity index (χ4n) is 3.44. The molecule has 4 aromatic rings. The normalized spacial score (nSPS) is 10.6. The number of nitrogens with two attached hydrogens (primary N) is 1. The number of anilines is 2. The molecule has 0 spiro atoms. The summed E-state index contributed by atoms with van der Waals surface area (Å²) >= 11 is 0. The maximum absolute atomic E-state index is 6.06. The maximum atomic E-state index is 6.06. The fraction of sp³-hybridized carbons (Fsp3) is 0.111. The molecule has 0 radical (unpaired) electrons. The average Bonchev–Trinajstić information content (AvgIpc) is 2.79. The van der Waals surface area contributed by atoms with Crippen LogP contribution in [0.2, 0.25) is 0 Å². The highest BCUT2D eigenvalue weighted by Crippen LogP contribution is 2.26. The third kappa shape index (κ3) is 4.81. The number of nitrogen functional groups attached to an aromatic ring is 1. The van der Waals surface area contributed by atoms with Gasteiger partial charge >= 0.3 is 0 Å². The van der Waals surface area contributed by atoms with Gasteiger partial charge in [-0.05, 0) is 71.1 Å². The van der Waals surface area contributed by atoms with Gasteiger partial charge in [-0.1, -0.05) is 60.7 Å². The van der Waals surface area contributed by atoms with E-state index in [0.29, 0.717) is 6.61 Å². The van der Waals surface area contributed by atoms with Crippen LogP contribution >= 0.6 is 0 Å². The highest BCUT2D eigenvalue weighted by molar-refractivity contribution is 5.68. The first-order valence-corrected chi connectivity index (χ1v) is 10.1. The summed E-state index contributed by atoms with van der Waals surface area (Å²) in [5.74, 6) is 0.871. The van der Waals surface area contributed by atoms with Gasteiger partial charge in [-0.15, -0.1) is 0 Å². The molecule has 0 saturated heterocycles. The van der Waals surface area contributed by atoms with Crippen LogP contribution in [0, 0.1) is 6.92 Å². The van der Waals surface area contributed by atoms with Crippen LogP contribution in [0.5, 0.6) is 5.75 Å². The Labute approximate surface area is 178 Å². The number of hydrogen-bond donors (Lipinski definition) is 2. The summed E-state index contributed by atoms with van der Waals surface area (Å²) in [5, 5.41) is 3.40. The predicted octanol–water partition coefficient (Wildman–Crippen LogP) is 6.44. The van der Waals surface area contributed by atoms with Crippen LogP contribution in [0.4, 0.5) is 11.4 Å². The SMILES string of the molecule is Cc1c(COc2ccc(CNc3ccc(N)cc3)cc2)cccc1-c1ccccc1. The average molecular weight is 395 g/mol. The van der Waals surface area contributed by atoms with E-state index in [2.05, 4.69) is 66.8 Å². The van der Waals surface area contributed by atoms with E-state index in [1.165, 1.54) is 27.8 Å². The van der Waals surface area contributed by atoms with Gasteiger partial charge < -0.3 is 15.8 Å². The molecule has 0 unspecified atom stereocenters. The molecule has 0 saturated carbocycles. The number of hydrogen-bond acceptors (Lipinski definition) is 3. The molecule has 3 heteroatoms. The molecule has 0 aliphatic carbocycles. The predicted molar refractivity (Wildman–Crippen MR) is 126 cm³/mol. The molecule has 0 fully saturated rings. The second-order valence-corrected chi connectivity index (χ2v) is 7.36. The Morgan fingerprint density at radius 3 is 2.23 bits per heavy atom. The van der Waals surface area contributed by atoms with Gasteiger partial charge in [-0.3, -0.25) is 0 Å². The maximum Gasteiger partial charge on any atom is 0.119 e. The highest BCUT2D eigenvalue weighted by Gasteiger charge is 2.07. The van der Waals surface area contributed by atoms with Crippen molar-refractivity contribution in [1.82, 2.24) is 0 Å². The van der Waals surface area contributed by atoms with Crippen LogP contribution in [-0.2, 0) is 13.2 Å². The van der Waals surface area contributed by atoms with E-state index in [0.717, 1.165) is 23.7 Å². The molecule has 4 aromatic carbocycles. The number of benzene rings is 4. The fourth-order valence-corrected chi connectivity index (χ4v) is 3.44. The second kappa shape index (κ2) is 9.19. The lowest BCUT2D eigenvalue weighted by Gasteiger charge is -2.13. The molecule has 0 aliphatic rings. The van der Waals surface area contributed by atoms with E-state index in [9.17, 15) is 0 Å². The lowest BCUT2D eigenvalue weighted by Crippen LogP contribution is -2.01. The van der Waals surface area contributed by atoms with Crippen molar-refractivity contribution in [3.05, 3.63) is 114 Å². The molecule has 0 atom stereocenters. The Balaban J connectivity index is 1.37. The Morgan fingerprint density at radius 1 is 0.767 bits per heavy atom. The third-order valence-corrected chi connectivity index (χ3v) is 5.26. The Morgan fingerprint density at radius 2 is 1.50 bits per heavy atom. The highest BCUT2D eigenvalue weighted by atomic mass is 16.5. The number of rotatable bonds is 7. The van der Waals surface area contributed by atoms with E-state index >= 15 is 0 Å². The Bertz CT molecular complexity index is 1090. The van der Waals surface area contributed by atoms with Gasteiger partial charge in [0, 0.05) is 17.9 Å². The van der Waals surface area contributed by atoms with E-state index in [-0.39, 0.29) is 0 Å². The van der Waals surface area contributed by atoms with Crippen LogP contribution in [0.25, 0.3) is 11.1 Å². The largest absolute Gasteiger partial charge is 0.489 e. The zero-order chi connectivity index (χ0) is 20.8. The van der Waals surface area contributed by atoms with E-state index in [4.69, 9.17) is 10.5 Å². The zero-order valence-corrected chi connectivity index (χ0v) is 17.1. The minimum atomic E-state index is 0.551. The molecule has 4 rings (SSSR count). The summed E-state index contributed by atoms with van der Waals surface area (Å²) in [5.41, 5.74) is 13.7. The van der Waals surface area contributed by atoms with Crippen LogP contribution < -0.4 is 15.8 Å². The molecular formula is C27H26N2O. The summed E-state index contributed by atoms with van der Waals surface area (Å²) in [6.45, 7) is 3.46. The Hall–Kier alpha value is -3.72. The molecule has 3 N–H and O–H groups in total. The minimum Gasteiger partial charge on any atom is -0.489 e. The first-order valence-electron chi connectivity index (χ1n) is 10.1. The molecule has 0 heterocycles. The smallest absolute Gasteiger partial charge is 0.119 e. The van der Waals surface area contributed by atoms with Crippen molar-refractivity contribution in [2.45, 2.75) is 20.1 Å². The lowest BCUT2D eigenvalue weighted by molar-refractivity contribution is 0.305. The van der Waals surface area contributed by atoms with Crippen LogP contribution in [0.1, 0.15) is 16.7 Å². The van der Waals surface area contributed by atoms with E-state index in [1.807, 2.05) is 42.5 Å². The topological polar surface area (TPSA) is 47.3 Å². The van der Waals surface area contributed by atoms with Crippen LogP contribution in [0.3, 0.4) is 0 Å². The summed E-state index contributed by atoms with van der Waals surface area (Å²) < 4.78 is 6.06. The second-order valence-electron chi connectivity index (χ2n) is 7.36. The minimum absolute atomic E-state index is 0.551. The van der Waals surface area contributed by atoms with E-state index in [1.54, 1.807) is 0 Å². The van der Waals surface area contributed by atoms with E-state index < -0.39 is 0 Å². The van der Waals surface area contributed by atoms with Gasteiger partial charge in [-0.25, -0.2) is 0 Å². The summed E-state index contributed by atoms with van der Waals surface area (Å²) in [4.78, 5) is 0. The van der Waals surface area contributed by atoms with Crippen molar-refractivity contribution >= 4 is 11.4 Å². The third-order valence-electron chi connectivity index (χ3n) is 5.26. The molecule has 0 aromatic heterocycles. The van der Waals surface area contributed by atoms with Crippen molar-refractivity contribution in [1.29, 1.82) is 0 Å². The van der Waals surface area contributed by atoms with Gasteiger partial charge in [0.1, 0.15) is 12.4 Å². The molecule has 30 heavy (non-hydrogen) atoms. The standard InChI is InChI=1S/C27H26N2O/c1-20-23(8-5-9-27(20)22-6-3-2-4-7-22)19-30-26-16-10-21(11-17-26)18-29-25-14-12-24(28)13-15-25/h2-17,29H,18-19,28H2,1H3.